The monoisotopic (exact) mass is 155 g/mol. The number of rotatable bonds is 2. The summed E-state index contributed by atoms with van der Waals surface area (Å²) < 4.78 is 0. The summed E-state index contributed by atoms with van der Waals surface area (Å²) in [6.07, 6.45) is 5.88. The van der Waals surface area contributed by atoms with Crippen molar-refractivity contribution in [3.8, 4) is 0 Å². The van der Waals surface area contributed by atoms with Crippen LogP contribution in [0.1, 0.15) is 13.8 Å². The van der Waals surface area contributed by atoms with Crippen molar-refractivity contribution in [2.24, 2.45) is 4.99 Å². The maximum Gasteiger partial charge on any atom is 0.109 e. The standard InChI is InChI=1S/C8H10ClN/c1-3-7(4-6(2)9)8-5-10-8/h3-5,8H,1-2H3. The van der Waals surface area contributed by atoms with Gasteiger partial charge in [0, 0.05) is 11.2 Å². The number of allylic oxidation sites excluding steroid dienone is 2. The van der Waals surface area contributed by atoms with Gasteiger partial charge in [0.2, 0.25) is 0 Å². The topological polar surface area (TPSA) is 12.4 Å². The van der Waals surface area contributed by atoms with Gasteiger partial charge in [-0.1, -0.05) is 17.7 Å². The molecule has 0 aromatic rings. The molecular formula is C8H10ClN. The molecule has 1 rings (SSSR count). The highest BCUT2D eigenvalue weighted by atomic mass is 35.5. The third-order valence-electron chi connectivity index (χ3n) is 1.34. The first kappa shape index (κ1) is 7.55. The lowest BCUT2D eigenvalue weighted by Gasteiger charge is -1.94. The van der Waals surface area contributed by atoms with Gasteiger partial charge in [0.25, 0.3) is 0 Å². The van der Waals surface area contributed by atoms with Crippen LogP contribution in [0.15, 0.2) is 27.7 Å². The molecule has 0 fully saturated rings. The van der Waals surface area contributed by atoms with E-state index in [-0.39, 0.29) is 0 Å². The third kappa shape index (κ3) is 1.99. The summed E-state index contributed by atoms with van der Waals surface area (Å²) in [5, 5.41) is 0.809. The number of hydrogen-bond acceptors (Lipinski definition) is 1. The number of halogens is 1. The first-order valence-electron chi connectivity index (χ1n) is 3.27. The Balaban J connectivity index is 2.58. The number of aliphatic imine (C=N–C) groups is 1. The zero-order chi connectivity index (χ0) is 7.56. The molecule has 1 atom stereocenters. The number of nitrogens with zero attached hydrogens (tertiary/aromatic N) is 1. The molecule has 0 radical (unpaired) electrons. The molecule has 0 saturated carbocycles. The van der Waals surface area contributed by atoms with Crippen LogP contribution in [0.5, 0.6) is 0 Å². The predicted octanol–water partition coefficient (Wildman–Crippen LogP) is 2.53. The third-order valence-corrected chi connectivity index (χ3v) is 1.45. The number of hydrogen-bond donors (Lipinski definition) is 0. The van der Waals surface area contributed by atoms with Crippen LogP contribution in [0, 0.1) is 0 Å². The van der Waals surface area contributed by atoms with Gasteiger partial charge in [0.15, 0.2) is 0 Å². The van der Waals surface area contributed by atoms with Crippen LogP contribution in [0.25, 0.3) is 0 Å². The lowest BCUT2D eigenvalue weighted by molar-refractivity contribution is 1.19. The average Bonchev–Trinajstić information content (AvgIpc) is 2.63. The fraction of sp³-hybridized carbons (Fsp3) is 0.375. The van der Waals surface area contributed by atoms with E-state index in [1.165, 1.54) is 5.57 Å². The van der Waals surface area contributed by atoms with Crippen LogP contribution in [0.2, 0.25) is 0 Å². The molecule has 0 aliphatic carbocycles. The zero-order valence-corrected chi connectivity index (χ0v) is 6.89. The Hall–Kier alpha value is -0.560. The lowest BCUT2D eigenvalue weighted by atomic mass is 10.1. The SMILES string of the molecule is CC=C(C=C(C)Cl)C1C=N1. The largest absolute Gasteiger partial charge is 0.281 e. The molecular weight excluding hydrogens is 146 g/mol. The molecule has 1 aliphatic rings. The van der Waals surface area contributed by atoms with Gasteiger partial charge < -0.3 is 0 Å². The second-order valence-corrected chi connectivity index (χ2v) is 2.86. The van der Waals surface area contributed by atoms with E-state index in [0.717, 1.165) is 5.03 Å². The molecule has 1 heterocycles. The van der Waals surface area contributed by atoms with Gasteiger partial charge in [0.05, 0.1) is 0 Å². The minimum atomic E-state index is 0.318. The van der Waals surface area contributed by atoms with E-state index in [9.17, 15) is 0 Å². The van der Waals surface area contributed by atoms with Crippen molar-refractivity contribution >= 4 is 17.8 Å². The Morgan fingerprint density at radius 2 is 2.30 bits per heavy atom. The highest BCUT2D eigenvalue weighted by molar-refractivity contribution is 6.29. The molecule has 1 nitrogen and oxygen atoms in total. The van der Waals surface area contributed by atoms with Crippen LogP contribution in [-0.4, -0.2) is 12.3 Å². The van der Waals surface area contributed by atoms with E-state index in [1.54, 1.807) is 0 Å². The minimum Gasteiger partial charge on any atom is -0.281 e. The smallest absolute Gasteiger partial charge is 0.109 e. The second kappa shape index (κ2) is 3.02. The van der Waals surface area contributed by atoms with Crippen molar-refractivity contribution in [2.45, 2.75) is 19.9 Å². The molecule has 10 heavy (non-hydrogen) atoms. The fourth-order valence-electron chi connectivity index (χ4n) is 0.784. The van der Waals surface area contributed by atoms with E-state index in [2.05, 4.69) is 4.99 Å². The highest BCUT2D eigenvalue weighted by Crippen LogP contribution is 2.17. The molecule has 1 aliphatic heterocycles. The van der Waals surface area contributed by atoms with Crippen LogP contribution in [0.4, 0.5) is 0 Å². The normalized spacial score (nSPS) is 25.3. The van der Waals surface area contributed by atoms with Gasteiger partial charge in [-0.15, -0.1) is 0 Å². The van der Waals surface area contributed by atoms with E-state index in [1.807, 2.05) is 32.2 Å². The molecule has 0 aromatic heterocycles. The van der Waals surface area contributed by atoms with Crippen LogP contribution >= 0.6 is 11.6 Å². The Kier molecular flexibility index (Phi) is 2.28. The van der Waals surface area contributed by atoms with Crippen LogP contribution in [0.3, 0.4) is 0 Å². The molecule has 0 saturated heterocycles. The summed E-state index contributed by atoms with van der Waals surface area (Å²) in [6.45, 7) is 3.86. The van der Waals surface area contributed by atoms with Crippen molar-refractivity contribution in [3.05, 3.63) is 22.8 Å². The lowest BCUT2D eigenvalue weighted by Crippen LogP contribution is -1.90. The Morgan fingerprint density at radius 3 is 2.60 bits per heavy atom. The summed E-state index contributed by atoms with van der Waals surface area (Å²) in [5.41, 5.74) is 1.19. The molecule has 0 bridgehead atoms. The van der Waals surface area contributed by atoms with Gasteiger partial charge in [-0.2, -0.15) is 0 Å². The minimum absolute atomic E-state index is 0.318. The highest BCUT2D eigenvalue weighted by Gasteiger charge is 2.15. The quantitative estimate of drug-likeness (QED) is 0.544. The van der Waals surface area contributed by atoms with Crippen molar-refractivity contribution in [1.82, 2.24) is 0 Å². The Morgan fingerprint density at radius 1 is 1.70 bits per heavy atom. The molecule has 0 N–H and O–H groups in total. The fourth-order valence-corrected chi connectivity index (χ4v) is 0.910. The first-order valence-corrected chi connectivity index (χ1v) is 3.65. The summed E-state index contributed by atoms with van der Waals surface area (Å²) >= 11 is 5.69. The predicted molar refractivity (Wildman–Crippen MR) is 45.6 cm³/mol. The molecule has 1 unspecified atom stereocenters. The maximum absolute atomic E-state index is 5.69. The van der Waals surface area contributed by atoms with Gasteiger partial charge in [-0.3, -0.25) is 4.99 Å². The van der Waals surface area contributed by atoms with Crippen LogP contribution in [-0.2, 0) is 0 Å². The zero-order valence-electron chi connectivity index (χ0n) is 6.13. The van der Waals surface area contributed by atoms with Gasteiger partial charge in [0.1, 0.15) is 6.04 Å². The summed E-state index contributed by atoms with van der Waals surface area (Å²) in [4.78, 5) is 4.03. The van der Waals surface area contributed by atoms with Crippen molar-refractivity contribution in [2.75, 3.05) is 0 Å². The molecule has 0 spiro atoms. The van der Waals surface area contributed by atoms with Crippen molar-refractivity contribution in [3.63, 3.8) is 0 Å². The van der Waals surface area contributed by atoms with Crippen molar-refractivity contribution < 1.29 is 0 Å². The van der Waals surface area contributed by atoms with E-state index in [0.29, 0.717) is 6.04 Å². The van der Waals surface area contributed by atoms with Crippen LogP contribution < -0.4 is 0 Å². The van der Waals surface area contributed by atoms with E-state index < -0.39 is 0 Å². The average molecular weight is 156 g/mol. The second-order valence-electron chi connectivity index (χ2n) is 2.26. The van der Waals surface area contributed by atoms with Gasteiger partial charge in [-0.05, 0) is 25.5 Å². The molecule has 0 amide bonds. The maximum atomic E-state index is 5.69. The summed E-state index contributed by atoms with van der Waals surface area (Å²) in [7, 11) is 0. The summed E-state index contributed by atoms with van der Waals surface area (Å²) in [6, 6.07) is 0.318. The molecule has 0 aromatic carbocycles. The van der Waals surface area contributed by atoms with Gasteiger partial charge >= 0.3 is 0 Å². The Bertz CT molecular complexity index is 203. The first-order chi connectivity index (χ1) is 4.74. The molecule has 54 valence electrons. The summed E-state index contributed by atoms with van der Waals surface area (Å²) in [5.74, 6) is 0. The molecule has 2 heteroatoms. The van der Waals surface area contributed by atoms with Crippen molar-refractivity contribution in [1.29, 1.82) is 0 Å². The Labute approximate surface area is 66.1 Å². The van der Waals surface area contributed by atoms with E-state index in [4.69, 9.17) is 11.6 Å². The van der Waals surface area contributed by atoms with Gasteiger partial charge in [-0.25, -0.2) is 0 Å². The van der Waals surface area contributed by atoms with E-state index >= 15 is 0 Å².